The van der Waals surface area contributed by atoms with Crippen molar-refractivity contribution in [2.75, 3.05) is 32.1 Å². The summed E-state index contributed by atoms with van der Waals surface area (Å²) < 4.78 is 12.7. The molecular weight excluding hydrogens is 391 g/mol. The van der Waals surface area contributed by atoms with Crippen LogP contribution >= 0.6 is 29.0 Å². The molecule has 1 saturated heterocycles. The summed E-state index contributed by atoms with van der Waals surface area (Å²) in [6.07, 6.45) is 3.43. The van der Waals surface area contributed by atoms with E-state index in [4.69, 9.17) is 5.73 Å². The summed E-state index contributed by atoms with van der Waals surface area (Å²) in [5, 5.41) is 8.22. The van der Waals surface area contributed by atoms with E-state index < -0.39 is 18.5 Å². The maximum Gasteiger partial charge on any atom is 0.320 e. The van der Waals surface area contributed by atoms with Crippen molar-refractivity contribution < 1.29 is 19.4 Å². The van der Waals surface area contributed by atoms with Gasteiger partial charge in [0.25, 0.3) is 0 Å². The first kappa shape index (κ1) is 21.8. The molecule has 1 aliphatic heterocycles. The number of hydrogen-bond donors (Lipinski definition) is 3. The van der Waals surface area contributed by atoms with Gasteiger partial charge in [-0.15, -0.1) is 0 Å². The van der Waals surface area contributed by atoms with E-state index >= 15 is 0 Å². The van der Waals surface area contributed by atoms with Gasteiger partial charge in [-0.05, 0) is 43.3 Å². The van der Waals surface area contributed by atoms with Crippen molar-refractivity contribution in [3.63, 3.8) is 0 Å². The van der Waals surface area contributed by atoms with Crippen LogP contribution in [0, 0.1) is 0 Å². The largest absolute Gasteiger partial charge is 0.480 e. The van der Waals surface area contributed by atoms with E-state index in [-0.39, 0.29) is 19.1 Å². The number of aliphatic carboxylic acids is 1. The first-order chi connectivity index (χ1) is 12.3. The zero-order valence-electron chi connectivity index (χ0n) is 15.0. The number of unbranched alkanes of at least 4 members (excludes halogenated alkanes) is 1. The average molecular weight is 419 g/mol. The Hall–Kier alpha value is -0.500. The molecular formula is C17H27N2O4PS2. The maximum atomic E-state index is 12.7. The van der Waals surface area contributed by atoms with E-state index in [9.17, 15) is 19.4 Å². The van der Waals surface area contributed by atoms with Gasteiger partial charge in [0.15, 0.2) is 5.16 Å². The van der Waals surface area contributed by atoms with Crippen LogP contribution in [0.15, 0.2) is 29.2 Å². The second kappa shape index (κ2) is 9.62. The standard InChI is InChI=1S/C17H27N2O4PS2/c1-25-26-15-6-4-14(5-7-15)12-19-10-11-24(22,23)17(13-19,16(20)21)8-2-3-9-18/h4-7H,2-3,8-13,18H2,1H3,(H,20,21)(H,22,23). The number of rotatable bonds is 9. The van der Waals surface area contributed by atoms with Gasteiger partial charge < -0.3 is 15.7 Å². The molecule has 1 fully saturated rings. The minimum atomic E-state index is -3.77. The summed E-state index contributed by atoms with van der Waals surface area (Å²) in [4.78, 5) is 25.6. The summed E-state index contributed by atoms with van der Waals surface area (Å²) in [6, 6.07) is 8.15. The van der Waals surface area contributed by atoms with Crippen LogP contribution in [0.4, 0.5) is 0 Å². The van der Waals surface area contributed by atoms with E-state index in [0.29, 0.717) is 32.5 Å². The molecule has 2 unspecified atom stereocenters. The van der Waals surface area contributed by atoms with Crippen LogP contribution in [0.2, 0.25) is 0 Å². The van der Waals surface area contributed by atoms with Crippen LogP contribution in [0.3, 0.4) is 0 Å². The lowest BCUT2D eigenvalue weighted by Crippen LogP contribution is -2.53. The molecule has 4 N–H and O–H groups in total. The van der Waals surface area contributed by atoms with Gasteiger partial charge in [-0.1, -0.05) is 40.1 Å². The molecule has 9 heteroatoms. The third-order valence-corrected chi connectivity index (χ3v) is 9.23. The predicted molar refractivity (Wildman–Crippen MR) is 109 cm³/mol. The number of carboxylic acid groups (broad SMARTS) is 1. The van der Waals surface area contributed by atoms with Crippen molar-refractivity contribution >= 4 is 34.9 Å². The Balaban J connectivity index is 2.13. The van der Waals surface area contributed by atoms with Crippen molar-refractivity contribution in [1.82, 2.24) is 4.90 Å². The highest BCUT2D eigenvalue weighted by Crippen LogP contribution is 2.59. The summed E-state index contributed by atoms with van der Waals surface area (Å²) in [6.45, 7) is 1.56. The van der Waals surface area contributed by atoms with E-state index in [0.717, 1.165) is 5.56 Å². The highest BCUT2D eigenvalue weighted by molar-refractivity contribution is 8.76. The smallest absolute Gasteiger partial charge is 0.320 e. The molecule has 26 heavy (non-hydrogen) atoms. The lowest BCUT2D eigenvalue weighted by atomic mass is 9.99. The molecule has 0 aromatic heterocycles. The normalized spacial score (nSPS) is 26.7. The molecule has 0 aliphatic carbocycles. The molecule has 0 radical (unpaired) electrons. The Kier molecular flexibility index (Phi) is 8.07. The molecule has 0 amide bonds. The number of nitrogens with zero attached hydrogens (tertiary/aromatic N) is 1. The van der Waals surface area contributed by atoms with E-state index in [1.54, 1.807) is 21.6 Å². The van der Waals surface area contributed by atoms with Crippen LogP contribution in [0.25, 0.3) is 0 Å². The molecule has 1 aliphatic rings. The van der Waals surface area contributed by atoms with Crippen molar-refractivity contribution in [1.29, 1.82) is 0 Å². The van der Waals surface area contributed by atoms with E-state index in [2.05, 4.69) is 0 Å². The third-order valence-electron chi connectivity index (χ3n) is 4.82. The predicted octanol–water partition coefficient (Wildman–Crippen LogP) is 3.10. The van der Waals surface area contributed by atoms with Gasteiger partial charge in [0.05, 0.1) is 0 Å². The molecule has 1 aromatic carbocycles. The summed E-state index contributed by atoms with van der Waals surface area (Å²) in [5.41, 5.74) is 6.58. The number of benzene rings is 1. The minimum absolute atomic E-state index is 0.0162. The molecule has 2 rings (SSSR count). The SMILES string of the molecule is CSSc1ccc(CN2CCP(=O)(O)C(CCCCN)(C(=O)O)C2)cc1. The highest BCUT2D eigenvalue weighted by atomic mass is 33.1. The number of nitrogens with two attached hydrogens (primary N) is 1. The van der Waals surface area contributed by atoms with Crippen molar-refractivity contribution in [3.8, 4) is 0 Å². The van der Waals surface area contributed by atoms with Crippen molar-refractivity contribution in [2.45, 2.75) is 35.9 Å². The van der Waals surface area contributed by atoms with Crippen molar-refractivity contribution in [3.05, 3.63) is 29.8 Å². The Labute approximate surface area is 162 Å². The third kappa shape index (κ3) is 5.06. The van der Waals surface area contributed by atoms with Crippen LogP contribution in [0.1, 0.15) is 24.8 Å². The van der Waals surface area contributed by atoms with Crippen LogP contribution in [-0.2, 0) is 15.9 Å². The topological polar surface area (TPSA) is 104 Å². The zero-order valence-corrected chi connectivity index (χ0v) is 17.5. The molecule has 146 valence electrons. The van der Waals surface area contributed by atoms with Crippen LogP contribution in [-0.4, -0.2) is 58.1 Å². The second-order valence-corrected chi connectivity index (χ2v) is 11.8. The summed E-state index contributed by atoms with van der Waals surface area (Å²) in [5.74, 6) is -1.17. The molecule has 0 bridgehead atoms. The lowest BCUT2D eigenvalue weighted by molar-refractivity contribution is -0.141. The van der Waals surface area contributed by atoms with Gasteiger partial charge in [-0.2, -0.15) is 0 Å². The quantitative estimate of drug-likeness (QED) is 0.319. The molecule has 1 aromatic rings. The van der Waals surface area contributed by atoms with Gasteiger partial charge in [0, 0.05) is 30.7 Å². The number of hydrogen-bond acceptors (Lipinski definition) is 6. The minimum Gasteiger partial charge on any atom is -0.480 e. The first-order valence-corrected chi connectivity index (χ1v) is 13.0. The number of carboxylic acids is 1. The van der Waals surface area contributed by atoms with E-state index in [1.165, 1.54) is 4.90 Å². The van der Waals surface area contributed by atoms with Gasteiger partial charge in [0.2, 0.25) is 7.37 Å². The molecule has 1 heterocycles. The van der Waals surface area contributed by atoms with Gasteiger partial charge in [-0.3, -0.25) is 14.3 Å². The monoisotopic (exact) mass is 418 g/mol. The Bertz CT molecular complexity index is 659. The van der Waals surface area contributed by atoms with Gasteiger partial charge in [-0.25, -0.2) is 0 Å². The van der Waals surface area contributed by atoms with Gasteiger partial charge in [0.1, 0.15) is 0 Å². The highest BCUT2D eigenvalue weighted by Gasteiger charge is 2.56. The second-order valence-electron chi connectivity index (χ2n) is 6.61. The molecule has 2 atom stereocenters. The molecule has 0 spiro atoms. The van der Waals surface area contributed by atoms with Gasteiger partial charge >= 0.3 is 5.97 Å². The molecule has 0 saturated carbocycles. The zero-order chi connectivity index (χ0) is 19.2. The first-order valence-electron chi connectivity index (χ1n) is 8.62. The summed E-state index contributed by atoms with van der Waals surface area (Å²) in [7, 11) is -0.400. The summed E-state index contributed by atoms with van der Waals surface area (Å²) >= 11 is 0. The average Bonchev–Trinajstić information content (AvgIpc) is 2.59. The fourth-order valence-electron chi connectivity index (χ4n) is 3.33. The Morgan fingerprint density at radius 3 is 2.62 bits per heavy atom. The van der Waals surface area contributed by atoms with E-state index in [1.807, 2.05) is 35.4 Å². The molecule has 6 nitrogen and oxygen atoms in total. The van der Waals surface area contributed by atoms with Crippen LogP contribution in [0.5, 0.6) is 0 Å². The fraction of sp³-hybridized carbons (Fsp3) is 0.588. The Morgan fingerprint density at radius 2 is 2.04 bits per heavy atom. The Morgan fingerprint density at radius 1 is 1.35 bits per heavy atom. The maximum absolute atomic E-state index is 12.7. The fourth-order valence-corrected chi connectivity index (χ4v) is 6.89. The number of carbonyl (C=O) groups is 1. The van der Waals surface area contributed by atoms with Crippen molar-refractivity contribution in [2.24, 2.45) is 5.73 Å². The van der Waals surface area contributed by atoms with Crippen LogP contribution < -0.4 is 5.73 Å². The lowest BCUT2D eigenvalue weighted by Gasteiger charge is -2.43.